The first-order chi connectivity index (χ1) is 14.9. The third-order valence-electron chi connectivity index (χ3n) is 4.34. The van der Waals surface area contributed by atoms with Gasteiger partial charge in [0.1, 0.15) is 22.1 Å². The monoisotopic (exact) mass is 467 g/mol. The number of anilines is 2. The van der Waals surface area contributed by atoms with Crippen LogP contribution in [0.2, 0.25) is 0 Å². The Morgan fingerprint density at radius 3 is 2.41 bits per heavy atom. The first-order valence-corrected chi connectivity index (χ1v) is 10.2. The fourth-order valence-corrected chi connectivity index (χ4v) is 3.75. The Morgan fingerprint density at radius 2 is 1.84 bits per heavy atom. The van der Waals surface area contributed by atoms with Crippen LogP contribution in [-0.2, 0) is 17.6 Å². The van der Waals surface area contributed by atoms with E-state index in [2.05, 4.69) is 20.6 Å². The number of carbonyl (C=O) groups is 2. The van der Waals surface area contributed by atoms with Gasteiger partial charge in [-0.1, -0.05) is 35.6 Å². The Morgan fingerprint density at radius 1 is 1.19 bits per heavy atom. The highest BCUT2D eigenvalue weighted by Gasteiger charge is 2.30. The van der Waals surface area contributed by atoms with Crippen molar-refractivity contribution in [1.82, 2.24) is 20.0 Å². The molecule has 0 aliphatic rings. The molecule has 0 radical (unpaired) electrons. The molecule has 2 heterocycles. The van der Waals surface area contributed by atoms with Gasteiger partial charge in [-0.25, -0.2) is 4.68 Å². The van der Waals surface area contributed by atoms with E-state index in [0.29, 0.717) is 28.2 Å². The molecule has 3 rings (SSSR count). The molecular formula is C19H20F3N7O2S. The smallest absolute Gasteiger partial charge is 0.383 e. The van der Waals surface area contributed by atoms with Crippen molar-refractivity contribution in [3.8, 4) is 11.3 Å². The minimum atomic E-state index is -4.40. The Bertz CT molecular complexity index is 1140. The maximum Gasteiger partial charge on any atom is 0.395 e. The molecule has 0 spiro atoms. The van der Waals surface area contributed by atoms with E-state index >= 15 is 0 Å². The SMILES string of the molecule is CC(C)n1nc(-c2ccc(CC(=O)Nc3nnc(CC(F)(F)F)s3)cc2)c(C(N)=O)c1N. The summed E-state index contributed by atoms with van der Waals surface area (Å²) in [5, 5.41) is 13.6. The molecule has 3 aromatic rings. The number of rotatable bonds is 7. The zero-order chi connectivity index (χ0) is 23.6. The molecule has 2 aromatic heterocycles. The van der Waals surface area contributed by atoms with Gasteiger partial charge in [-0.2, -0.15) is 18.3 Å². The highest BCUT2D eigenvalue weighted by molar-refractivity contribution is 7.15. The number of nitrogens with two attached hydrogens (primary N) is 2. The molecule has 9 nitrogen and oxygen atoms in total. The maximum atomic E-state index is 12.4. The van der Waals surface area contributed by atoms with Gasteiger partial charge in [-0.05, 0) is 19.4 Å². The van der Waals surface area contributed by atoms with E-state index in [9.17, 15) is 22.8 Å². The Hall–Kier alpha value is -3.48. The Kier molecular flexibility index (Phi) is 6.48. The van der Waals surface area contributed by atoms with E-state index in [1.54, 1.807) is 24.3 Å². The molecule has 2 amide bonds. The van der Waals surface area contributed by atoms with Crippen LogP contribution in [-0.4, -0.2) is 38.0 Å². The van der Waals surface area contributed by atoms with E-state index < -0.39 is 24.4 Å². The molecule has 13 heteroatoms. The van der Waals surface area contributed by atoms with Gasteiger partial charge in [0.25, 0.3) is 5.91 Å². The van der Waals surface area contributed by atoms with Crippen LogP contribution in [0, 0.1) is 0 Å². The number of primary amides is 1. The van der Waals surface area contributed by atoms with Crippen molar-refractivity contribution in [2.75, 3.05) is 11.1 Å². The van der Waals surface area contributed by atoms with Gasteiger partial charge in [-0.3, -0.25) is 9.59 Å². The predicted molar refractivity (Wildman–Crippen MR) is 113 cm³/mol. The largest absolute Gasteiger partial charge is 0.395 e. The van der Waals surface area contributed by atoms with Crippen LogP contribution < -0.4 is 16.8 Å². The zero-order valence-corrected chi connectivity index (χ0v) is 17.9. The molecule has 0 aliphatic heterocycles. The van der Waals surface area contributed by atoms with Crippen molar-refractivity contribution >= 4 is 34.1 Å². The number of amides is 2. The minimum Gasteiger partial charge on any atom is -0.383 e. The van der Waals surface area contributed by atoms with E-state index in [4.69, 9.17) is 11.5 Å². The van der Waals surface area contributed by atoms with Crippen LogP contribution in [0.3, 0.4) is 0 Å². The molecule has 0 saturated heterocycles. The van der Waals surface area contributed by atoms with E-state index in [-0.39, 0.29) is 34.0 Å². The number of aromatic nitrogens is 4. The van der Waals surface area contributed by atoms with Crippen molar-refractivity contribution in [3.63, 3.8) is 0 Å². The standard InChI is InChI=1S/C19H20F3N7O2S/c1-9(2)29-16(23)14(17(24)31)15(28-29)11-5-3-10(4-6-11)7-12(30)25-18-27-26-13(32-18)8-19(20,21)22/h3-6,9H,7-8,23H2,1-2H3,(H2,24,31)(H,25,27,30). The van der Waals surface area contributed by atoms with Gasteiger partial charge in [0, 0.05) is 11.6 Å². The van der Waals surface area contributed by atoms with Gasteiger partial charge in [-0.15, -0.1) is 10.2 Å². The van der Waals surface area contributed by atoms with Gasteiger partial charge in [0.15, 0.2) is 0 Å². The molecule has 0 saturated carbocycles. The summed E-state index contributed by atoms with van der Waals surface area (Å²) in [6.45, 7) is 3.73. The maximum absolute atomic E-state index is 12.4. The zero-order valence-electron chi connectivity index (χ0n) is 17.1. The minimum absolute atomic E-state index is 0.00771. The number of hydrogen-bond donors (Lipinski definition) is 3. The van der Waals surface area contributed by atoms with Crippen LogP contribution in [0.5, 0.6) is 0 Å². The molecule has 0 unspecified atom stereocenters. The van der Waals surface area contributed by atoms with Crippen molar-refractivity contribution < 1.29 is 22.8 Å². The van der Waals surface area contributed by atoms with E-state index in [0.717, 1.165) is 0 Å². The summed E-state index contributed by atoms with van der Waals surface area (Å²) >= 11 is 0.668. The Balaban J connectivity index is 1.71. The summed E-state index contributed by atoms with van der Waals surface area (Å²) < 4.78 is 38.7. The van der Waals surface area contributed by atoms with E-state index in [1.165, 1.54) is 4.68 Å². The second-order valence-electron chi connectivity index (χ2n) is 7.23. The second-order valence-corrected chi connectivity index (χ2v) is 8.29. The van der Waals surface area contributed by atoms with Crippen LogP contribution in [0.15, 0.2) is 24.3 Å². The first kappa shape index (κ1) is 23.2. The van der Waals surface area contributed by atoms with Gasteiger partial charge < -0.3 is 16.8 Å². The molecule has 1 aromatic carbocycles. The third-order valence-corrected chi connectivity index (χ3v) is 5.18. The second kappa shape index (κ2) is 8.94. The Labute approximate surface area is 184 Å². The van der Waals surface area contributed by atoms with E-state index in [1.807, 2.05) is 13.8 Å². The lowest BCUT2D eigenvalue weighted by Crippen LogP contribution is -2.15. The van der Waals surface area contributed by atoms with Crippen molar-refractivity contribution in [2.24, 2.45) is 5.73 Å². The highest BCUT2D eigenvalue weighted by Crippen LogP contribution is 2.29. The van der Waals surface area contributed by atoms with Crippen molar-refractivity contribution in [1.29, 1.82) is 0 Å². The van der Waals surface area contributed by atoms with Crippen molar-refractivity contribution in [2.45, 2.75) is 38.9 Å². The predicted octanol–water partition coefficient (Wildman–Crippen LogP) is 2.95. The average Bonchev–Trinajstić information content (AvgIpc) is 3.24. The third kappa shape index (κ3) is 5.41. The van der Waals surface area contributed by atoms with Crippen LogP contribution >= 0.6 is 11.3 Å². The van der Waals surface area contributed by atoms with Gasteiger partial charge in [0.2, 0.25) is 11.0 Å². The number of nitrogen functional groups attached to an aromatic ring is 1. The number of nitrogens with zero attached hydrogens (tertiary/aromatic N) is 4. The lowest BCUT2D eigenvalue weighted by atomic mass is 10.0. The lowest BCUT2D eigenvalue weighted by molar-refractivity contribution is -0.127. The summed E-state index contributed by atoms with van der Waals surface area (Å²) in [5.41, 5.74) is 13.2. The summed E-state index contributed by atoms with van der Waals surface area (Å²) in [4.78, 5) is 24.1. The van der Waals surface area contributed by atoms with Crippen molar-refractivity contribution in [3.05, 3.63) is 40.4 Å². The summed E-state index contributed by atoms with van der Waals surface area (Å²) in [6.07, 6.45) is -5.64. The molecular weight excluding hydrogens is 447 g/mol. The number of benzene rings is 1. The first-order valence-electron chi connectivity index (χ1n) is 9.40. The number of nitrogens with one attached hydrogen (secondary N) is 1. The summed E-state index contributed by atoms with van der Waals surface area (Å²) in [6, 6.07) is 6.60. The average molecular weight is 467 g/mol. The molecule has 0 atom stereocenters. The molecule has 0 bridgehead atoms. The number of alkyl halides is 3. The molecule has 170 valence electrons. The van der Waals surface area contributed by atoms with Gasteiger partial charge >= 0.3 is 6.18 Å². The number of carbonyl (C=O) groups excluding carboxylic acids is 2. The topological polar surface area (TPSA) is 142 Å². The molecule has 5 N–H and O–H groups in total. The highest BCUT2D eigenvalue weighted by atomic mass is 32.1. The fraction of sp³-hybridized carbons (Fsp3) is 0.316. The van der Waals surface area contributed by atoms with Crippen LogP contribution in [0.4, 0.5) is 24.1 Å². The quantitative estimate of drug-likeness (QED) is 0.488. The number of hydrogen-bond acceptors (Lipinski definition) is 7. The summed E-state index contributed by atoms with van der Waals surface area (Å²) in [7, 11) is 0. The number of halogens is 3. The molecule has 32 heavy (non-hydrogen) atoms. The van der Waals surface area contributed by atoms with Gasteiger partial charge in [0.05, 0.1) is 12.8 Å². The lowest BCUT2D eigenvalue weighted by Gasteiger charge is -2.07. The fourth-order valence-electron chi connectivity index (χ4n) is 2.96. The van der Waals surface area contributed by atoms with Crippen LogP contribution in [0.25, 0.3) is 11.3 Å². The molecule has 0 fully saturated rings. The molecule has 0 aliphatic carbocycles. The van der Waals surface area contributed by atoms with Crippen LogP contribution in [0.1, 0.15) is 40.8 Å². The normalized spacial score (nSPS) is 11.7. The summed E-state index contributed by atoms with van der Waals surface area (Å²) in [5.74, 6) is -0.985.